The van der Waals surface area contributed by atoms with Gasteiger partial charge in [0.2, 0.25) is 17.7 Å². The van der Waals surface area contributed by atoms with E-state index >= 15 is 0 Å². The topological polar surface area (TPSA) is 138 Å². The van der Waals surface area contributed by atoms with Gasteiger partial charge in [-0.15, -0.1) is 0 Å². The van der Waals surface area contributed by atoms with E-state index in [0.29, 0.717) is 32.0 Å². The van der Waals surface area contributed by atoms with E-state index in [9.17, 15) is 24.0 Å². The quantitative estimate of drug-likeness (QED) is 0.0926. The Morgan fingerprint density at radius 3 is 1.95 bits per heavy atom. The summed E-state index contributed by atoms with van der Waals surface area (Å²) in [6.07, 6.45) is 1.58. The Bertz CT molecular complexity index is 1760. The van der Waals surface area contributed by atoms with Gasteiger partial charge < -0.3 is 29.9 Å². The second kappa shape index (κ2) is 26.1. The first-order valence-electron chi connectivity index (χ1n) is 23.8. The van der Waals surface area contributed by atoms with E-state index in [1.807, 2.05) is 113 Å². The summed E-state index contributed by atoms with van der Waals surface area (Å²) in [6.45, 7) is 19.0. The number of anilines is 1. The molecule has 0 radical (unpaired) electrons. The molecule has 9 atom stereocenters. The van der Waals surface area contributed by atoms with Gasteiger partial charge in [-0.1, -0.05) is 97.4 Å². The number of amides is 3. The maximum Gasteiger partial charge on any atom is 0.226 e. The normalized spacial score (nSPS) is 18.0. The zero-order chi connectivity index (χ0) is 47.8. The van der Waals surface area contributed by atoms with Gasteiger partial charge in [-0.25, -0.2) is 0 Å². The predicted octanol–water partition coefficient (Wildman–Crippen LogP) is 7.68. The van der Waals surface area contributed by atoms with E-state index in [4.69, 9.17) is 9.47 Å². The van der Waals surface area contributed by atoms with Crippen LogP contribution in [-0.2, 0) is 46.4 Å². The number of likely N-dealkylation sites (tertiary alicyclic amines) is 1. The third kappa shape index (κ3) is 15.2. The minimum absolute atomic E-state index is 0.00672. The van der Waals surface area contributed by atoms with Gasteiger partial charge in [0.15, 0.2) is 5.78 Å². The first-order valence-corrected chi connectivity index (χ1v) is 23.8. The van der Waals surface area contributed by atoms with Gasteiger partial charge in [-0.2, -0.15) is 0 Å². The molecule has 2 N–H and O–H groups in total. The lowest BCUT2D eigenvalue weighted by Gasteiger charge is -2.41. The summed E-state index contributed by atoms with van der Waals surface area (Å²) in [5, 5.41) is 6.47. The molecule has 3 rings (SSSR count). The standard InChI is InChI=1S/C52H83N5O7/c1-15-36(8)49(56(12)52(62)42(33(2)3)30-45(59)48(34(4)5)55(10)11)46(63-13)31-47(60)57-27-19-22-43(57)50(64-14)37(9)44(58)29-40(28-38-20-17-16-18-21-38)51(61)53-32-39-23-25-41(26-24-39)54-35(6)7/h16-18,20-21,23-26,33-37,40,42-43,46,48-50,54H,15,19,22,27-32H2,1-14H3,(H,53,61)/t36-,37-,40+,42-,43-,46+,48-,49-,50+/m0/s1. The molecule has 12 nitrogen and oxygen atoms in total. The van der Waals surface area contributed by atoms with Crippen LogP contribution >= 0.6 is 0 Å². The molecule has 0 unspecified atom stereocenters. The van der Waals surface area contributed by atoms with Gasteiger partial charge in [-0.05, 0) is 88.2 Å². The van der Waals surface area contributed by atoms with Crippen molar-refractivity contribution in [3.8, 4) is 0 Å². The lowest BCUT2D eigenvalue weighted by Crippen LogP contribution is -2.54. The molecule has 1 heterocycles. The molecular formula is C52H83N5O7. The number of carbonyl (C=O) groups excluding carboxylic acids is 5. The summed E-state index contributed by atoms with van der Waals surface area (Å²) in [5.74, 6) is -2.18. The smallest absolute Gasteiger partial charge is 0.226 e. The van der Waals surface area contributed by atoms with Crippen molar-refractivity contribution in [3.63, 3.8) is 0 Å². The number of nitrogens with one attached hydrogen (secondary N) is 2. The molecule has 0 aromatic heterocycles. The molecule has 1 fully saturated rings. The Morgan fingerprint density at radius 1 is 0.781 bits per heavy atom. The van der Waals surface area contributed by atoms with Gasteiger partial charge in [0.25, 0.3) is 0 Å². The van der Waals surface area contributed by atoms with Crippen LogP contribution in [0.2, 0.25) is 0 Å². The average molecular weight is 890 g/mol. The number of carbonyl (C=O) groups is 5. The third-order valence-electron chi connectivity index (χ3n) is 13.4. The zero-order valence-electron chi connectivity index (χ0n) is 41.7. The first kappa shape index (κ1) is 54.2. The Kier molecular flexibility index (Phi) is 22.1. The minimum atomic E-state index is -0.613. The maximum atomic E-state index is 14.5. The van der Waals surface area contributed by atoms with Crippen LogP contribution in [0.1, 0.15) is 112 Å². The van der Waals surface area contributed by atoms with E-state index in [2.05, 4.69) is 38.3 Å². The highest BCUT2D eigenvalue weighted by atomic mass is 16.5. The van der Waals surface area contributed by atoms with Gasteiger partial charge >= 0.3 is 0 Å². The Labute approximate surface area is 385 Å². The summed E-state index contributed by atoms with van der Waals surface area (Å²) >= 11 is 0. The van der Waals surface area contributed by atoms with E-state index in [1.54, 1.807) is 26.2 Å². The fourth-order valence-corrected chi connectivity index (χ4v) is 9.77. The monoisotopic (exact) mass is 890 g/mol. The molecule has 0 spiro atoms. The largest absolute Gasteiger partial charge is 0.383 e. The van der Waals surface area contributed by atoms with Crippen molar-refractivity contribution in [1.29, 1.82) is 0 Å². The van der Waals surface area contributed by atoms with Crippen molar-refractivity contribution >= 4 is 35.0 Å². The summed E-state index contributed by atoms with van der Waals surface area (Å²) in [4.78, 5) is 76.1. The molecular weight excluding hydrogens is 807 g/mol. The SMILES string of the molecule is CC[C@H](C)[C@@H]([C@@H](CC(=O)N1CCC[C@H]1[C@H](OC)[C@@H](C)C(=O)C[C@@H](Cc1ccccc1)C(=O)NCc1ccc(NC(C)C)cc1)OC)N(C)C(=O)[C@@H](CC(=O)[C@H](C(C)C)N(C)C)C(C)C. The molecule has 0 aliphatic carbocycles. The van der Waals surface area contributed by atoms with E-state index in [1.165, 1.54) is 0 Å². The molecule has 64 heavy (non-hydrogen) atoms. The van der Waals surface area contributed by atoms with Gasteiger partial charge in [0.05, 0.1) is 36.8 Å². The molecule has 3 amide bonds. The fraction of sp³-hybridized carbons (Fsp3) is 0.673. The van der Waals surface area contributed by atoms with Crippen LogP contribution in [0.4, 0.5) is 5.69 Å². The molecule has 1 aliphatic rings. The number of hydrogen-bond donors (Lipinski definition) is 2. The molecule has 0 bridgehead atoms. The number of ketones is 2. The molecule has 2 aromatic carbocycles. The summed E-state index contributed by atoms with van der Waals surface area (Å²) < 4.78 is 12.2. The predicted molar refractivity (Wildman–Crippen MR) is 257 cm³/mol. The van der Waals surface area contributed by atoms with E-state index in [0.717, 1.165) is 29.7 Å². The van der Waals surface area contributed by atoms with Gasteiger partial charge in [-0.3, -0.25) is 28.9 Å². The molecule has 1 aliphatic heterocycles. The number of Topliss-reactive ketones (excluding diaryl/α,β-unsaturated/α-hetero) is 2. The summed E-state index contributed by atoms with van der Waals surface area (Å²) in [5.41, 5.74) is 2.94. The second-order valence-electron chi connectivity index (χ2n) is 19.5. The number of benzene rings is 2. The van der Waals surface area contributed by atoms with E-state index in [-0.39, 0.29) is 78.4 Å². The summed E-state index contributed by atoms with van der Waals surface area (Å²) in [7, 11) is 8.75. The van der Waals surface area contributed by atoms with Crippen molar-refractivity contribution < 1.29 is 33.4 Å². The number of hydrogen-bond acceptors (Lipinski definition) is 9. The Hall–Kier alpha value is -4.13. The van der Waals surface area contributed by atoms with Crippen molar-refractivity contribution in [1.82, 2.24) is 20.0 Å². The highest BCUT2D eigenvalue weighted by molar-refractivity contribution is 5.90. The molecule has 12 heteroatoms. The zero-order valence-corrected chi connectivity index (χ0v) is 41.7. The van der Waals surface area contributed by atoms with Gasteiger partial charge in [0, 0.05) is 76.7 Å². The number of ether oxygens (including phenoxy) is 2. The van der Waals surface area contributed by atoms with Crippen LogP contribution in [0.5, 0.6) is 0 Å². The average Bonchev–Trinajstić information content (AvgIpc) is 3.74. The number of rotatable bonds is 27. The van der Waals surface area contributed by atoms with Crippen molar-refractivity contribution in [3.05, 3.63) is 65.7 Å². The Balaban J connectivity index is 1.79. The lowest BCUT2D eigenvalue weighted by atomic mass is 9.83. The Morgan fingerprint density at radius 2 is 1.42 bits per heavy atom. The fourth-order valence-electron chi connectivity index (χ4n) is 9.77. The van der Waals surface area contributed by atoms with Crippen LogP contribution < -0.4 is 10.6 Å². The molecule has 0 saturated carbocycles. The van der Waals surface area contributed by atoms with Crippen molar-refractivity contribution in [2.24, 2.45) is 35.5 Å². The van der Waals surface area contributed by atoms with Crippen LogP contribution in [0.3, 0.4) is 0 Å². The van der Waals surface area contributed by atoms with E-state index < -0.39 is 36.0 Å². The first-order chi connectivity index (χ1) is 30.2. The maximum absolute atomic E-state index is 14.5. The molecule has 358 valence electrons. The van der Waals surface area contributed by atoms with Crippen molar-refractivity contribution in [2.45, 2.75) is 150 Å². The van der Waals surface area contributed by atoms with Crippen LogP contribution in [0, 0.1) is 35.5 Å². The molecule has 1 saturated heterocycles. The second-order valence-corrected chi connectivity index (χ2v) is 19.5. The number of methoxy groups -OCH3 is 2. The van der Waals surface area contributed by atoms with Gasteiger partial charge in [0.1, 0.15) is 5.78 Å². The number of likely N-dealkylation sites (N-methyl/N-ethyl adjacent to an activating group) is 2. The van der Waals surface area contributed by atoms with Crippen molar-refractivity contribution in [2.75, 3.05) is 47.2 Å². The lowest BCUT2D eigenvalue weighted by molar-refractivity contribution is -0.149. The highest BCUT2D eigenvalue weighted by Gasteiger charge is 2.43. The minimum Gasteiger partial charge on any atom is -0.383 e. The molecule has 2 aromatic rings. The highest BCUT2D eigenvalue weighted by Crippen LogP contribution is 2.32. The third-order valence-corrected chi connectivity index (χ3v) is 13.4. The van der Waals surface area contributed by atoms with Crippen LogP contribution in [-0.4, -0.2) is 122 Å². The summed E-state index contributed by atoms with van der Waals surface area (Å²) in [6, 6.07) is 16.9. The number of nitrogens with zero attached hydrogens (tertiary/aromatic N) is 3. The van der Waals surface area contributed by atoms with Crippen LogP contribution in [0.25, 0.3) is 0 Å². The van der Waals surface area contributed by atoms with Crippen LogP contribution in [0.15, 0.2) is 54.6 Å².